The van der Waals surface area contributed by atoms with Crippen LogP contribution in [0.2, 0.25) is 0 Å². The standard InChI is InChI=1S/C14H19FO4/c1-10(2)5-6-18-7-8-19-13-4-3-11(15)9-12(13)14(16)17/h3-4,9-10H,5-8H2,1-2H3,(H,16,17). The van der Waals surface area contributed by atoms with Crippen LogP contribution in [0.1, 0.15) is 30.6 Å². The Balaban J connectivity index is 2.39. The number of benzene rings is 1. The molecule has 1 rings (SSSR count). The number of carbonyl (C=O) groups is 1. The van der Waals surface area contributed by atoms with Gasteiger partial charge >= 0.3 is 5.97 Å². The van der Waals surface area contributed by atoms with E-state index < -0.39 is 11.8 Å². The molecule has 5 heteroatoms. The van der Waals surface area contributed by atoms with Gasteiger partial charge in [-0.2, -0.15) is 0 Å². The monoisotopic (exact) mass is 270 g/mol. The Morgan fingerprint density at radius 3 is 2.68 bits per heavy atom. The van der Waals surface area contributed by atoms with Crippen LogP contribution in [0, 0.1) is 11.7 Å². The summed E-state index contributed by atoms with van der Waals surface area (Å²) in [6, 6.07) is 3.42. The summed E-state index contributed by atoms with van der Waals surface area (Å²) < 4.78 is 23.6. The molecule has 19 heavy (non-hydrogen) atoms. The highest BCUT2D eigenvalue weighted by atomic mass is 19.1. The summed E-state index contributed by atoms with van der Waals surface area (Å²) in [5.74, 6) is -1.08. The molecule has 1 N–H and O–H groups in total. The maximum absolute atomic E-state index is 12.9. The molecule has 1 aromatic rings. The molecule has 0 fully saturated rings. The van der Waals surface area contributed by atoms with Crippen molar-refractivity contribution in [1.82, 2.24) is 0 Å². The Bertz CT molecular complexity index is 418. The van der Waals surface area contributed by atoms with E-state index in [4.69, 9.17) is 14.6 Å². The number of ether oxygens (including phenoxy) is 2. The maximum Gasteiger partial charge on any atom is 0.339 e. The number of halogens is 1. The van der Waals surface area contributed by atoms with E-state index in [1.165, 1.54) is 12.1 Å². The van der Waals surface area contributed by atoms with E-state index in [1.807, 2.05) is 0 Å². The molecule has 0 aliphatic carbocycles. The quantitative estimate of drug-likeness (QED) is 0.738. The van der Waals surface area contributed by atoms with Gasteiger partial charge in [-0.25, -0.2) is 9.18 Å². The van der Waals surface area contributed by atoms with Crippen LogP contribution in [0.5, 0.6) is 5.75 Å². The molecule has 0 aliphatic rings. The lowest BCUT2D eigenvalue weighted by molar-refractivity contribution is 0.0682. The highest BCUT2D eigenvalue weighted by molar-refractivity contribution is 5.90. The first-order valence-corrected chi connectivity index (χ1v) is 6.24. The molecule has 1 aromatic carbocycles. The van der Waals surface area contributed by atoms with Gasteiger partial charge in [0.15, 0.2) is 0 Å². The first-order chi connectivity index (χ1) is 9.00. The molecule has 0 amide bonds. The fourth-order valence-corrected chi connectivity index (χ4v) is 1.43. The topological polar surface area (TPSA) is 55.8 Å². The third kappa shape index (κ3) is 5.70. The Labute approximate surface area is 112 Å². The number of carboxylic acid groups (broad SMARTS) is 1. The molecule has 0 heterocycles. The van der Waals surface area contributed by atoms with Gasteiger partial charge in [-0.15, -0.1) is 0 Å². The molecule has 0 bridgehead atoms. The lowest BCUT2D eigenvalue weighted by Crippen LogP contribution is -2.11. The maximum atomic E-state index is 12.9. The van der Waals surface area contributed by atoms with Crippen LogP contribution in [0.4, 0.5) is 4.39 Å². The van der Waals surface area contributed by atoms with Crippen molar-refractivity contribution in [2.75, 3.05) is 19.8 Å². The number of hydrogen-bond acceptors (Lipinski definition) is 3. The Morgan fingerprint density at radius 1 is 1.32 bits per heavy atom. The average molecular weight is 270 g/mol. The number of carboxylic acids is 1. The summed E-state index contributed by atoms with van der Waals surface area (Å²) >= 11 is 0. The van der Waals surface area contributed by atoms with Crippen LogP contribution in [0.25, 0.3) is 0 Å². The van der Waals surface area contributed by atoms with Gasteiger partial charge < -0.3 is 14.6 Å². The van der Waals surface area contributed by atoms with E-state index in [9.17, 15) is 9.18 Å². The van der Waals surface area contributed by atoms with Crippen molar-refractivity contribution >= 4 is 5.97 Å². The van der Waals surface area contributed by atoms with Gasteiger partial charge in [-0.1, -0.05) is 13.8 Å². The van der Waals surface area contributed by atoms with Crippen molar-refractivity contribution in [1.29, 1.82) is 0 Å². The molecule has 0 atom stereocenters. The lowest BCUT2D eigenvalue weighted by atomic mass is 10.1. The molecular formula is C14H19FO4. The van der Waals surface area contributed by atoms with E-state index in [0.717, 1.165) is 12.5 Å². The normalized spacial score (nSPS) is 10.7. The summed E-state index contributed by atoms with van der Waals surface area (Å²) in [4.78, 5) is 10.9. The summed E-state index contributed by atoms with van der Waals surface area (Å²) in [7, 11) is 0. The third-order valence-electron chi connectivity index (χ3n) is 2.50. The number of hydrogen-bond donors (Lipinski definition) is 1. The van der Waals surface area contributed by atoms with E-state index in [1.54, 1.807) is 0 Å². The van der Waals surface area contributed by atoms with Crippen LogP contribution in [0.15, 0.2) is 18.2 Å². The van der Waals surface area contributed by atoms with Crippen molar-refractivity contribution in [3.8, 4) is 5.75 Å². The molecule has 106 valence electrons. The minimum Gasteiger partial charge on any atom is -0.490 e. The van der Waals surface area contributed by atoms with Crippen LogP contribution < -0.4 is 4.74 Å². The Kier molecular flexibility index (Phi) is 6.29. The molecule has 0 saturated heterocycles. The molecule has 0 unspecified atom stereocenters. The molecule has 0 radical (unpaired) electrons. The van der Waals surface area contributed by atoms with Crippen LogP contribution in [-0.2, 0) is 4.74 Å². The van der Waals surface area contributed by atoms with Crippen molar-refractivity contribution < 1.29 is 23.8 Å². The van der Waals surface area contributed by atoms with Gasteiger partial charge in [0.1, 0.15) is 23.7 Å². The minimum atomic E-state index is -1.21. The van der Waals surface area contributed by atoms with Crippen LogP contribution in [-0.4, -0.2) is 30.9 Å². The van der Waals surface area contributed by atoms with Gasteiger partial charge in [0, 0.05) is 6.61 Å². The predicted octanol–water partition coefficient (Wildman–Crippen LogP) is 2.97. The van der Waals surface area contributed by atoms with Crippen LogP contribution >= 0.6 is 0 Å². The largest absolute Gasteiger partial charge is 0.490 e. The zero-order valence-corrected chi connectivity index (χ0v) is 11.2. The fourth-order valence-electron chi connectivity index (χ4n) is 1.43. The Morgan fingerprint density at radius 2 is 2.05 bits per heavy atom. The lowest BCUT2D eigenvalue weighted by Gasteiger charge is -2.10. The smallest absolute Gasteiger partial charge is 0.339 e. The van der Waals surface area contributed by atoms with Crippen LogP contribution in [0.3, 0.4) is 0 Å². The first kappa shape index (κ1) is 15.4. The summed E-state index contributed by atoms with van der Waals surface area (Å²) in [6.45, 7) is 5.48. The molecule has 0 aromatic heterocycles. The Hall–Kier alpha value is -1.62. The van der Waals surface area contributed by atoms with Gasteiger partial charge in [0.05, 0.1) is 6.61 Å². The molecule has 4 nitrogen and oxygen atoms in total. The van der Waals surface area contributed by atoms with Gasteiger partial charge in [0.2, 0.25) is 0 Å². The fraction of sp³-hybridized carbons (Fsp3) is 0.500. The predicted molar refractivity (Wildman–Crippen MR) is 69.1 cm³/mol. The second-order valence-corrected chi connectivity index (χ2v) is 4.59. The van der Waals surface area contributed by atoms with E-state index in [0.29, 0.717) is 19.1 Å². The van der Waals surface area contributed by atoms with Crippen molar-refractivity contribution in [2.24, 2.45) is 5.92 Å². The highest BCUT2D eigenvalue weighted by Gasteiger charge is 2.12. The summed E-state index contributed by atoms with van der Waals surface area (Å²) in [5.41, 5.74) is -0.179. The summed E-state index contributed by atoms with van der Waals surface area (Å²) in [6.07, 6.45) is 0.969. The molecule has 0 aliphatic heterocycles. The molecule has 0 spiro atoms. The zero-order valence-electron chi connectivity index (χ0n) is 11.2. The minimum absolute atomic E-state index is 0.154. The van der Waals surface area contributed by atoms with E-state index in [-0.39, 0.29) is 17.9 Å². The molecule has 0 saturated carbocycles. The highest BCUT2D eigenvalue weighted by Crippen LogP contribution is 2.19. The molecular weight excluding hydrogens is 251 g/mol. The number of aromatic carboxylic acids is 1. The van der Waals surface area contributed by atoms with Gasteiger partial charge in [-0.3, -0.25) is 0 Å². The SMILES string of the molecule is CC(C)CCOCCOc1ccc(F)cc1C(=O)O. The van der Waals surface area contributed by atoms with E-state index >= 15 is 0 Å². The zero-order chi connectivity index (χ0) is 14.3. The number of rotatable bonds is 8. The second-order valence-electron chi connectivity index (χ2n) is 4.59. The van der Waals surface area contributed by atoms with Gasteiger partial charge in [-0.05, 0) is 30.5 Å². The van der Waals surface area contributed by atoms with Crippen molar-refractivity contribution in [3.63, 3.8) is 0 Å². The third-order valence-corrected chi connectivity index (χ3v) is 2.50. The van der Waals surface area contributed by atoms with Gasteiger partial charge in [0.25, 0.3) is 0 Å². The second kappa shape index (κ2) is 7.74. The average Bonchev–Trinajstić information content (AvgIpc) is 2.34. The van der Waals surface area contributed by atoms with Crippen molar-refractivity contribution in [3.05, 3.63) is 29.6 Å². The summed E-state index contributed by atoms with van der Waals surface area (Å²) in [5, 5.41) is 8.91. The van der Waals surface area contributed by atoms with E-state index in [2.05, 4.69) is 13.8 Å². The first-order valence-electron chi connectivity index (χ1n) is 6.24. The van der Waals surface area contributed by atoms with Crippen molar-refractivity contribution in [2.45, 2.75) is 20.3 Å².